The number of sulfonamides is 1. The minimum atomic E-state index is -3.49. The SMILES string of the molecule is NCCC1CCCN(S(=O)(=O)c2ccc3c(c2)OCCO3)C1. The summed E-state index contributed by atoms with van der Waals surface area (Å²) in [5.41, 5.74) is 5.60. The first-order valence-electron chi connectivity index (χ1n) is 7.71. The zero-order chi connectivity index (χ0) is 15.6. The van der Waals surface area contributed by atoms with Crippen LogP contribution in [0.2, 0.25) is 0 Å². The molecule has 22 heavy (non-hydrogen) atoms. The maximum Gasteiger partial charge on any atom is 0.243 e. The van der Waals surface area contributed by atoms with Gasteiger partial charge in [0, 0.05) is 19.2 Å². The van der Waals surface area contributed by atoms with E-state index in [4.69, 9.17) is 15.2 Å². The second-order valence-corrected chi connectivity index (χ2v) is 7.69. The molecule has 2 aliphatic heterocycles. The third-order valence-corrected chi connectivity index (χ3v) is 6.07. The van der Waals surface area contributed by atoms with Gasteiger partial charge in [-0.25, -0.2) is 8.42 Å². The Labute approximate surface area is 131 Å². The number of nitrogens with zero attached hydrogens (tertiary/aromatic N) is 1. The maximum atomic E-state index is 12.8. The molecule has 0 bridgehead atoms. The Morgan fingerprint density at radius 3 is 2.77 bits per heavy atom. The van der Waals surface area contributed by atoms with Gasteiger partial charge >= 0.3 is 0 Å². The van der Waals surface area contributed by atoms with Crippen LogP contribution in [0, 0.1) is 5.92 Å². The molecule has 1 unspecified atom stereocenters. The lowest BCUT2D eigenvalue weighted by atomic mass is 9.96. The van der Waals surface area contributed by atoms with E-state index >= 15 is 0 Å². The van der Waals surface area contributed by atoms with Crippen molar-refractivity contribution in [3.63, 3.8) is 0 Å². The van der Waals surface area contributed by atoms with Crippen molar-refractivity contribution in [2.75, 3.05) is 32.8 Å². The van der Waals surface area contributed by atoms with Crippen molar-refractivity contribution in [2.24, 2.45) is 11.7 Å². The number of rotatable bonds is 4. The van der Waals surface area contributed by atoms with Crippen LogP contribution in [0.25, 0.3) is 0 Å². The molecule has 3 rings (SSSR count). The summed E-state index contributed by atoms with van der Waals surface area (Å²) in [6.07, 6.45) is 2.80. The zero-order valence-electron chi connectivity index (χ0n) is 12.5. The van der Waals surface area contributed by atoms with Gasteiger partial charge in [0.1, 0.15) is 13.2 Å². The third kappa shape index (κ3) is 3.06. The molecule has 122 valence electrons. The summed E-state index contributed by atoms with van der Waals surface area (Å²) in [4.78, 5) is 0.269. The third-order valence-electron chi connectivity index (χ3n) is 4.21. The van der Waals surface area contributed by atoms with Crippen LogP contribution in [0.4, 0.5) is 0 Å². The second kappa shape index (κ2) is 6.44. The van der Waals surface area contributed by atoms with E-state index in [1.807, 2.05) is 0 Å². The van der Waals surface area contributed by atoms with Gasteiger partial charge in [0.15, 0.2) is 11.5 Å². The fourth-order valence-electron chi connectivity index (χ4n) is 3.05. The highest BCUT2D eigenvalue weighted by atomic mass is 32.2. The van der Waals surface area contributed by atoms with Crippen molar-refractivity contribution in [1.82, 2.24) is 4.31 Å². The largest absolute Gasteiger partial charge is 0.486 e. The lowest BCUT2D eigenvalue weighted by molar-refractivity contribution is 0.171. The molecule has 2 N–H and O–H groups in total. The molecule has 0 aromatic heterocycles. The van der Waals surface area contributed by atoms with Gasteiger partial charge in [0.05, 0.1) is 4.90 Å². The molecule has 7 heteroatoms. The summed E-state index contributed by atoms with van der Waals surface area (Å²) >= 11 is 0. The number of hydrogen-bond donors (Lipinski definition) is 1. The van der Waals surface area contributed by atoms with E-state index in [0.29, 0.717) is 50.3 Å². The number of fused-ring (bicyclic) bond motifs is 1. The van der Waals surface area contributed by atoms with Crippen LogP contribution in [-0.2, 0) is 10.0 Å². The fourth-order valence-corrected chi connectivity index (χ4v) is 4.62. The van der Waals surface area contributed by atoms with Crippen LogP contribution in [0.5, 0.6) is 11.5 Å². The summed E-state index contributed by atoms with van der Waals surface area (Å²) in [5.74, 6) is 1.46. The molecule has 1 fully saturated rings. The van der Waals surface area contributed by atoms with Crippen LogP contribution < -0.4 is 15.2 Å². The fraction of sp³-hybridized carbons (Fsp3) is 0.600. The van der Waals surface area contributed by atoms with Crippen molar-refractivity contribution in [2.45, 2.75) is 24.2 Å². The normalized spacial score (nSPS) is 22.5. The Kier molecular flexibility index (Phi) is 4.56. The molecular formula is C15H22N2O4S. The molecule has 0 saturated carbocycles. The predicted octanol–water partition coefficient (Wildman–Crippen LogP) is 1.21. The average molecular weight is 326 g/mol. The van der Waals surface area contributed by atoms with Crippen molar-refractivity contribution < 1.29 is 17.9 Å². The van der Waals surface area contributed by atoms with Gasteiger partial charge < -0.3 is 15.2 Å². The van der Waals surface area contributed by atoms with E-state index < -0.39 is 10.0 Å². The standard InChI is InChI=1S/C15H22N2O4S/c16-6-5-12-2-1-7-17(11-12)22(18,19)13-3-4-14-15(10-13)21-9-8-20-14/h3-4,10,12H,1-2,5-9,11,16H2. The van der Waals surface area contributed by atoms with Crippen molar-refractivity contribution in [3.05, 3.63) is 18.2 Å². The van der Waals surface area contributed by atoms with E-state index in [1.54, 1.807) is 22.5 Å². The quantitative estimate of drug-likeness (QED) is 0.899. The molecule has 1 aromatic carbocycles. The smallest absolute Gasteiger partial charge is 0.243 e. The van der Waals surface area contributed by atoms with Gasteiger partial charge in [-0.2, -0.15) is 4.31 Å². The lowest BCUT2D eigenvalue weighted by Crippen LogP contribution is -2.40. The highest BCUT2D eigenvalue weighted by Crippen LogP contribution is 2.34. The van der Waals surface area contributed by atoms with Gasteiger partial charge in [-0.05, 0) is 43.9 Å². The first kappa shape index (κ1) is 15.6. The molecule has 1 saturated heterocycles. The van der Waals surface area contributed by atoms with Crippen LogP contribution in [-0.4, -0.2) is 45.6 Å². The van der Waals surface area contributed by atoms with Gasteiger partial charge in [-0.3, -0.25) is 0 Å². The Hall–Kier alpha value is -1.31. The van der Waals surface area contributed by atoms with Crippen molar-refractivity contribution in [3.8, 4) is 11.5 Å². The minimum Gasteiger partial charge on any atom is -0.486 e. The van der Waals surface area contributed by atoms with Crippen LogP contribution >= 0.6 is 0 Å². The van der Waals surface area contributed by atoms with Crippen LogP contribution in [0.3, 0.4) is 0 Å². The van der Waals surface area contributed by atoms with Gasteiger partial charge in [0.2, 0.25) is 10.0 Å². The Morgan fingerprint density at radius 2 is 2.00 bits per heavy atom. The average Bonchev–Trinajstić information content (AvgIpc) is 2.55. The molecule has 1 aromatic rings. The second-order valence-electron chi connectivity index (χ2n) is 5.75. The first-order valence-corrected chi connectivity index (χ1v) is 9.15. The van der Waals surface area contributed by atoms with E-state index in [1.165, 1.54) is 0 Å². The molecule has 0 aliphatic carbocycles. The van der Waals surface area contributed by atoms with E-state index in [9.17, 15) is 8.42 Å². The maximum absolute atomic E-state index is 12.8. The van der Waals surface area contributed by atoms with Crippen molar-refractivity contribution >= 4 is 10.0 Å². The number of benzene rings is 1. The van der Waals surface area contributed by atoms with Gasteiger partial charge in [0.25, 0.3) is 0 Å². The number of hydrogen-bond acceptors (Lipinski definition) is 5. The molecule has 6 nitrogen and oxygen atoms in total. The zero-order valence-corrected chi connectivity index (χ0v) is 13.3. The van der Waals surface area contributed by atoms with Gasteiger partial charge in [-0.1, -0.05) is 0 Å². The summed E-state index contributed by atoms with van der Waals surface area (Å²) in [7, 11) is -3.49. The predicted molar refractivity (Wildman–Crippen MR) is 82.6 cm³/mol. The highest BCUT2D eigenvalue weighted by Gasteiger charge is 2.30. The Bertz CT molecular complexity index is 630. The van der Waals surface area contributed by atoms with Crippen LogP contribution in [0.15, 0.2) is 23.1 Å². The summed E-state index contributed by atoms with van der Waals surface area (Å²) in [6.45, 7) is 2.65. The summed E-state index contributed by atoms with van der Waals surface area (Å²) < 4.78 is 38.1. The number of ether oxygens (including phenoxy) is 2. The Morgan fingerprint density at radius 1 is 1.23 bits per heavy atom. The van der Waals surface area contributed by atoms with E-state index in [2.05, 4.69) is 0 Å². The minimum absolute atomic E-state index is 0.269. The molecule has 2 aliphatic rings. The summed E-state index contributed by atoms with van der Waals surface area (Å²) in [5, 5.41) is 0. The monoisotopic (exact) mass is 326 g/mol. The lowest BCUT2D eigenvalue weighted by Gasteiger charge is -2.32. The molecule has 1 atom stereocenters. The van der Waals surface area contributed by atoms with E-state index in [-0.39, 0.29) is 4.90 Å². The molecule has 2 heterocycles. The molecular weight excluding hydrogens is 304 g/mol. The first-order chi connectivity index (χ1) is 10.6. The molecule has 0 radical (unpaired) electrons. The molecule has 0 amide bonds. The van der Waals surface area contributed by atoms with E-state index in [0.717, 1.165) is 19.3 Å². The number of piperidine rings is 1. The highest BCUT2D eigenvalue weighted by molar-refractivity contribution is 7.89. The summed E-state index contributed by atoms with van der Waals surface area (Å²) in [6, 6.07) is 4.83. The topological polar surface area (TPSA) is 81.9 Å². The van der Waals surface area contributed by atoms with Gasteiger partial charge in [-0.15, -0.1) is 0 Å². The number of nitrogens with two attached hydrogens (primary N) is 1. The van der Waals surface area contributed by atoms with Crippen LogP contribution in [0.1, 0.15) is 19.3 Å². The van der Waals surface area contributed by atoms with Crippen molar-refractivity contribution in [1.29, 1.82) is 0 Å². The molecule has 0 spiro atoms. The Balaban J connectivity index is 1.83.